The van der Waals surface area contributed by atoms with Crippen molar-refractivity contribution in [3.05, 3.63) is 53.1 Å². The van der Waals surface area contributed by atoms with E-state index in [1.54, 1.807) is 30.7 Å². The van der Waals surface area contributed by atoms with E-state index >= 15 is 0 Å². The second-order valence-electron chi connectivity index (χ2n) is 7.71. The van der Waals surface area contributed by atoms with Crippen molar-refractivity contribution in [1.29, 1.82) is 0 Å². The first-order valence-corrected chi connectivity index (χ1v) is 11.4. The number of carbonyl (C=O) groups excluding carboxylic acids is 1. The van der Waals surface area contributed by atoms with E-state index in [1.807, 2.05) is 0 Å². The Labute approximate surface area is 192 Å². The number of nitrogens with zero attached hydrogens (tertiary/aromatic N) is 5. The van der Waals surface area contributed by atoms with Crippen LogP contribution in [0.5, 0.6) is 0 Å². The van der Waals surface area contributed by atoms with Crippen molar-refractivity contribution in [2.75, 3.05) is 12.4 Å². The third kappa shape index (κ3) is 5.38. The molecule has 4 rings (SSSR count). The van der Waals surface area contributed by atoms with Gasteiger partial charge < -0.3 is 10.1 Å². The topological polar surface area (TPSA) is 86.9 Å². The van der Waals surface area contributed by atoms with E-state index in [0.29, 0.717) is 34.7 Å². The highest BCUT2D eigenvalue weighted by Gasteiger charge is 2.31. The lowest BCUT2D eigenvalue weighted by atomic mass is 10.2. The van der Waals surface area contributed by atoms with Gasteiger partial charge in [0.05, 0.1) is 29.6 Å². The molecule has 0 spiro atoms. The zero-order valence-corrected chi connectivity index (χ0v) is 18.9. The number of carbonyl (C=O) groups is 1. The molecular weight excluding hydrogens is 457 g/mol. The summed E-state index contributed by atoms with van der Waals surface area (Å²) >= 11 is 1.37. The van der Waals surface area contributed by atoms with Gasteiger partial charge in [-0.3, -0.25) is 14.0 Å². The third-order valence-electron chi connectivity index (χ3n) is 5.20. The summed E-state index contributed by atoms with van der Waals surface area (Å²) in [6.07, 6.45) is -2.51. The molecule has 1 aliphatic heterocycles. The van der Waals surface area contributed by atoms with Crippen LogP contribution in [0.15, 0.2) is 35.5 Å². The molecule has 1 aliphatic rings. The van der Waals surface area contributed by atoms with E-state index in [1.165, 1.54) is 22.5 Å². The molecule has 176 valence electrons. The summed E-state index contributed by atoms with van der Waals surface area (Å²) in [5, 5.41) is 15.7. The van der Waals surface area contributed by atoms with Crippen molar-refractivity contribution in [2.24, 2.45) is 7.05 Å². The largest absolute Gasteiger partial charge is 0.416 e. The number of hydrogen-bond acceptors (Lipinski definition) is 6. The molecule has 12 heteroatoms. The predicted octanol–water partition coefficient (Wildman–Crippen LogP) is 3.53. The molecule has 0 saturated carbocycles. The van der Waals surface area contributed by atoms with E-state index in [9.17, 15) is 18.0 Å². The Balaban J connectivity index is 1.61. The minimum absolute atomic E-state index is 0.0210. The predicted molar refractivity (Wildman–Crippen MR) is 115 cm³/mol. The fourth-order valence-electron chi connectivity index (χ4n) is 3.61. The van der Waals surface area contributed by atoms with E-state index in [-0.39, 0.29) is 24.2 Å². The second kappa shape index (κ2) is 9.56. The van der Waals surface area contributed by atoms with Gasteiger partial charge in [-0.25, -0.2) is 0 Å². The standard InChI is InChI=1S/C21H23F3N6O2S/c1-13-9-17(29(2)28-13)19(31)25-11-18-26-27-20(33-12-16-7-4-8-32-16)30(18)15-6-3-5-14(10-15)21(22,23)24/h3,5-6,9-10,16H,4,7-8,11-12H2,1-2H3,(H,25,31). The Morgan fingerprint density at radius 1 is 1.30 bits per heavy atom. The van der Waals surface area contributed by atoms with Crippen molar-refractivity contribution in [2.45, 2.75) is 43.7 Å². The maximum absolute atomic E-state index is 13.3. The smallest absolute Gasteiger partial charge is 0.377 e. The molecule has 1 aromatic carbocycles. The number of benzene rings is 1. The normalized spacial score (nSPS) is 16.3. The first-order valence-electron chi connectivity index (χ1n) is 10.4. The zero-order valence-electron chi connectivity index (χ0n) is 18.1. The fourth-order valence-corrected chi connectivity index (χ4v) is 4.64. The molecule has 1 atom stereocenters. The molecule has 33 heavy (non-hydrogen) atoms. The number of thioether (sulfide) groups is 1. The number of hydrogen-bond donors (Lipinski definition) is 1. The van der Waals surface area contributed by atoms with Crippen LogP contribution in [0.25, 0.3) is 5.69 Å². The minimum Gasteiger partial charge on any atom is -0.377 e. The number of ether oxygens (including phenoxy) is 1. The quantitative estimate of drug-likeness (QED) is 0.521. The summed E-state index contributed by atoms with van der Waals surface area (Å²) in [5.41, 5.74) is 0.558. The number of amides is 1. The molecule has 0 aliphatic carbocycles. The molecular formula is C21H23F3N6O2S. The lowest BCUT2D eigenvalue weighted by molar-refractivity contribution is -0.137. The Morgan fingerprint density at radius 3 is 2.79 bits per heavy atom. The Hall–Kier alpha value is -2.86. The summed E-state index contributed by atoms with van der Waals surface area (Å²) in [6, 6.07) is 6.61. The zero-order chi connectivity index (χ0) is 23.6. The molecule has 3 aromatic rings. The molecule has 1 fully saturated rings. The van der Waals surface area contributed by atoms with Gasteiger partial charge in [0.15, 0.2) is 11.0 Å². The van der Waals surface area contributed by atoms with Gasteiger partial charge in [-0.2, -0.15) is 18.3 Å². The van der Waals surface area contributed by atoms with Gasteiger partial charge in [0.1, 0.15) is 5.69 Å². The number of rotatable bonds is 7. The molecule has 1 N–H and O–H groups in total. The van der Waals surface area contributed by atoms with E-state index in [0.717, 1.165) is 25.0 Å². The summed E-state index contributed by atoms with van der Waals surface area (Å²) < 4.78 is 48.6. The fraction of sp³-hybridized carbons (Fsp3) is 0.429. The average Bonchev–Trinajstić information content (AvgIpc) is 3.50. The Bertz CT molecular complexity index is 1140. The van der Waals surface area contributed by atoms with Crippen molar-refractivity contribution in [1.82, 2.24) is 29.9 Å². The number of aromatic nitrogens is 5. The SMILES string of the molecule is Cc1cc(C(=O)NCc2nnc(SCC3CCCO3)n2-c2cccc(C(F)(F)F)c2)n(C)n1. The van der Waals surface area contributed by atoms with Gasteiger partial charge in [-0.15, -0.1) is 10.2 Å². The van der Waals surface area contributed by atoms with Gasteiger partial charge in [-0.05, 0) is 44.0 Å². The van der Waals surface area contributed by atoms with Crippen molar-refractivity contribution < 1.29 is 22.7 Å². The summed E-state index contributed by atoms with van der Waals surface area (Å²) in [5.74, 6) is 0.555. The first kappa shape index (κ1) is 23.3. The van der Waals surface area contributed by atoms with E-state index < -0.39 is 11.7 Å². The lowest BCUT2D eigenvalue weighted by Crippen LogP contribution is -2.26. The van der Waals surface area contributed by atoms with Gasteiger partial charge in [0.25, 0.3) is 5.91 Å². The van der Waals surface area contributed by atoms with Gasteiger partial charge >= 0.3 is 6.18 Å². The highest BCUT2D eigenvalue weighted by Crippen LogP contribution is 2.32. The monoisotopic (exact) mass is 480 g/mol. The molecule has 1 amide bonds. The van der Waals surface area contributed by atoms with Crippen LogP contribution in [0.2, 0.25) is 0 Å². The van der Waals surface area contributed by atoms with Crippen molar-refractivity contribution in [3.8, 4) is 5.69 Å². The second-order valence-corrected chi connectivity index (χ2v) is 8.69. The van der Waals surface area contributed by atoms with Crippen molar-refractivity contribution >= 4 is 17.7 Å². The van der Waals surface area contributed by atoms with Gasteiger partial charge in [0.2, 0.25) is 0 Å². The molecule has 2 aromatic heterocycles. The van der Waals surface area contributed by atoms with E-state index in [4.69, 9.17) is 4.74 Å². The highest BCUT2D eigenvalue weighted by molar-refractivity contribution is 7.99. The van der Waals surface area contributed by atoms with Crippen molar-refractivity contribution in [3.63, 3.8) is 0 Å². The van der Waals surface area contributed by atoms with Crippen LogP contribution in [-0.4, -0.2) is 48.9 Å². The summed E-state index contributed by atoms with van der Waals surface area (Å²) in [7, 11) is 1.66. The molecule has 1 unspecified atom stereocenters. The van der Waals surface area contributed by atoms with Gasteiger partial charge in [0, 0.05) is 19.4 Å². The molecule has 0 bridgehead atoms. The van der Waals surface area contributed by atoms with Crippen LogP contribution in [0.1, 0.15) is 40.4 Å². The maximum atomic E-state index is 13.3. The number of halogens is 3. The summed E-state index contributed by atoms with van der Waals surface area (Å²) in [4.78, 5) is 12.6. The number of alkyl halides is 3. The van der Waals surface area contributed by atoms with Crippen LogP contribution in [0.4, 0.5) is 13.2 Å². The number of aryl methyl sites for hydroxylation is 2. The van der Waals surface area contributed by atoms with Crippen LogP contribution >= 0.6 is 11.8 Å². The van der Waals surface area contributed by atoms with Gasteiger partial charge in [-0.1, -0.05) is 17.8 Å². The lowest BCUT2D eigenvalue weighted by Gasteiger charge is -2.14. The van der Waals surface area contributed by atoms with Crippen LogP contribution in [0.3, 0.4) is 0 Å². The molecule has 3 heterocycles. The minimum atomic E-state index is -4.49. The van der Waals surface area contributed by atoms with Crippen LogP contribution in [-0.2, 0) is 24.5 Å². The third-order valence-corrected chi connectivity index (χ3v) is 6.26. The first-order chi connectivity index (χ1) is 15.7. The maximum Gasteiger partial charge on any atom is 0.416 e. The average molecular weight is 481 g/mol. The molecule has 0 radical (unpaired) electrons. The Morgan fingerprint density at radius 2 is 2.12 bits per heavy atom. The highest BCUT2D eigenvalue weighted by atomic mass is 32.2. The summed E-state index contributed by atoms with van der Waals surface area (Å²) in [6.45, 7) is 2.46. The Kier molecular flexibility index (Phi) is 6.75. The van der Waals surface area contributed by atoms with E-state index in [2.05, 4.69) is 20.6 Å². The molecule has 1 saturated heterocycles. The number of nitrogens with one attached hydrogen (secondary N) is 1. The van der Waals surface area contributed by atoms with Crippen LogP contribution < -0.4 is 5.32 Å². The van der Waals surface area contributed by atoms with Crippen LogP contribution in [0, 0.1) is 6.92 Å². The molecule has 8 nitrogen and oxygen atoms in total.